The lowest BCUT2D eigenvalue weighted by molar-refractivity contribution is -0.125. The first-order chi connectivity index (χ1) is 15.7. The van der Waals surface area contributed by atoms with Gasteiger partial charge in [-0.1, -0.05) is 41.4 Å². The zero-order valence-electron chi connectivity index (χ0n) is 18.5. The lowest BCUT2D eigenvalue weighted by Crippen LogP contribution is -2.43. The number of anilines is 1. The summed E-state index contributed by atoms with van der Waals surface area (Å²) in [5.41, 5.74) is 3.20. The Morgan fingerprint density at radius 3 is 2.78 bits per heavy atom. The van der Waals surface area contributed by atoms with E-state index in [4.69, 9.17) is 4.52 Å². The number of carbonyl (C=O) groups is 1. The van der Waals surface area contributed by atoms with Crippen LogP contribution >= 0.6 is 0 Å². The van der Waals surface area contributed by atoms with Gasteiger partial charge in [-0.15, -0.1) is 0 Å². The molecular formula is C25H29N5O2. The molecule has 2 aromatic heterocycles. The lowest BCUT2D eigenvalue weighted by Gasteiger charge is -2.33. The maximum Gasteiger partial charge on any atom is 0.230 e. The van der Waals surface area contributed by atoms with Crippen LogP contribution in [0.2, 0.25) is 0 Å². The maximum absolute atomic E-state index is 12.9. The van der Waals surface area contributed by atoms with Crippen LogP contribution in [0.25, 0.3) is 11.4 Å². The molecule has 2 fully saturated rings. The molecule has 0 spiro atoms. The SMILES string of the molecule is Cc1ccc(CNC(=O)[C@H]2CCCN(c3ncccc3-c3noc(C4CCC4)n3)C2)cc1. The summed E-state index contributed by atoms with van der Waals surface area (Å²) in [5, 5.41) is 7.35. The number of rotatable bonds is 6. The summed E-state index contributed by atoms with van der Waals surface area (Å²) < 4.78 is 5.53. The van der Waals surface area contributed by atoms with E-state index in [1.165, 1.54) is 12.0 Å². The first-order valence-corrected chi connectivity index (χ1v) is 11.5. The molecule has 7 nitrogen and oxygen atoms in total. The molecule has 1 aliphatic carbocycles. The Morgan fingerprint density at radius 2 is 2.00 bits per heavy atom. The third-order valence-electron chi connectivity index (χ3n) is 6.60. The minimum Gasteiger partial charge on any atom is -0.355 e. The van der Waals surface area contributed by atoms with Crippen molar-refractivity contribution in [3.8, 4) is 11.4 Å². The van der Waals surface area contributed by atoms with E-state index >= 15 is 0 Å². The van der Waals surface area contributed by atoms with Gasteiger partial charge in [-0.3, -0.25) is 4.79 Å². The van der Waals surface area contributed by atoms with Crippen molar-refractivity contribution in [1.82, 2.24) is 20.4 Å². The van der Waals surface area contributed by atoms with Crippen LogP contribution in [0.5, 0.6) is 0 Å². The van der Waals surface area contributed by atoms with Crippen molar-refractivity contribution < 1.29 is 9.32 Å². The average molecular weight is 432 g/mol. The van der Waals surface area contributed by atoms with Crippen molar-refractivity contribution in [2.75, 3.05) is 18.0 Å². The van der Waals surface area contributed by atoms with Gasteiger partial charge in [0.2, 0.25) is 17.6 Å². The summed E-state index contributed by atoms with van der Waals surface area (Å²) in [6.45, 7) is 4.11. The first-order valence-electron chi connectivity index (χ1n) is 11.5. The molecule has 32 heavy (non-hydrogen) atoms. The minimum absolute atomic E-state index is 0.0696. The molecule has 1 aliphatic heterocycles. The highest BCUT2D eigenvalue weighted by atomic mass is 16.5. The molecule has 0 radical (unpaired) electrons. The molecule has 7 heteroatoms. The normalized spacial score (nSPS) is 18.9. The Labute approximate surface area is 188 Å². The summed E-state index contributed by atoms with van der Waals surface area (Å²) in [6.07, 6.45) is 7.07. The van der Waals surface area contributed by atoms with E-state index < -0.39 is 0 Å². The topological polar surface area (TPSA) is 84.2 Å². The number of nitrogens with one attached hydrogen (secondary N) is 1. The number of hydrogen-bond donors (Lipinski definition) is 1. The Bertz CT molecular complexity index is 1070. The van der Waals surface area contributed by atoms with Crippen LogP contribution in [-0.2, 0) is 11.3 Å². The van der Waals surface area contributed by atoms with Crippen molar-refractivity contribution in [3.05, 3.63) is 59.6 Å². The van der Waals surface area contributed by atoms with Gasteiger partial charge in [-0.25, -0.2) is 4.98 Å². The molecule has 3 heterocycles. The van der Waals surface area contributed by atoms with Crippen LogP contribution in [0.4, 0.5) is 5.82 Å². The van der Waals surface area contributed by atoms with E-state index in [1.807, 2.05) is 12.1 Å². The second kappa shape index (κ2) is 9.10. The van der Waals surface area contributed by atoms with Crippen molar-refractivity contribution in [2.45, 2.75) is 51.5 Å². The number of benzene rings is 1. The van der Waals surface area contributed by atoms with E-state index in [0.29, 0.717) is 24.8 Å². The predicted molar refractivity (Wildman–Crippen MR) is 122 cm³/mol. The van der Waals surface area contributed by atoms with Gasteiger partial charge in [-0.05, 0) is 50.3 Å². The lowest BCUT2D eigenvalue weighted by atomic mass is 9.85. The van der Waals surface area contributed by atoms with Gasteiger partial charge in [0, 0.05) is 31.7 Å². The number of piperidine rings is 1. The summed E-state index contributed by atoms with van der Waals surface area (Å²) in [5.74, 6) is 2.56. The van der Waals surface area contributed by atoms with Crippen molar-refractivity contribution in [2.24, 2.45) is 5.92 Å². The third-order valence-corrected chi connectivity index (χ3v) is 6.60. The number of aryl methyl sites for hydroxylation is 1. The fourth-order valence-electron chi connectivity index (χ4n) is 4.41. The standard InChI is InChI=1S/C25H29N5O2/c1-17-9-11-18(12-10-17)15-27-24(31)20-7-4-14-30(16-20)23-21(8-3-13-26-23)22-28-25(32-29-22)19-5-2-6-19/h3,8-13,19-20H,2,4-7,14-16H2,1H3,(H,27,31)/t20-/m0/s1. The number of nitrogens with zero attached hydrogens (tertiary/aromatic N) is 4. The van der Waals surface area contributed by atoms with E-state index in [0.717, 1.165) is 55.1 Å². The highest BCUT2D eigenvalue weighted by Crippen LogP contribution is 2.37. The van der Waals surface area contributed by atoms with Crippen LogP contribution < -0.4 is 10.2 Å². The van der Waals surface area contributed by atoms with Crippen LogP contribution in [0.1, 0.15) is 55.0 Å². The first kappa shape index (κ1) is 20.7. The predicted octanol–water partition coefficient (Wildman–Crippen LogP) is 4.24. The fraction of sp³-hybridized carbons (Fsp3) is 0.440. The minimum atomic E-state index is -0.0696. The van der Waals surface area contributed by atoms with Gasteiger partial charge in [0.25, 0.3) is 0 Å². The quantitative estimate of drug-likeness (QED) is 0.628. The van der Waals surface area contributed by atoms with Gasteiger partial charge < -0.3 is 14.7 Å². The average Bonchev–Trinajstić information content (AvgIpc) is 3.26. The summed E-state index contributed by atoms with van der Waals surface area (Å²) in [7, 11) is 0. The molecule has 166 valence electrons. The molecule has 1 amide bonds. The number of carbonyl (C=O) groups excluding carboxylic acids is 1. The van der Waals surface area contributed by atoms with E-state index in [1.54, 1.807) is 6.20 Å². The van der Waals surface area contributed by atoms with Gasteiger partial charge in [-0.2, -0.15) is 4.98 Å². The zero-order chi connectivity index (χ0) is 21.9. The second-order valence-corrected chi connectivity index (χ2v) is 8.95. The highest BCUT2D eigenvalue weighted by molar-refractivity contribution is 5.80. The molecule has 1 N–H and O–H groups in total. The third kappa shape index (κ3) is 4.38. The maximum atomic E-state index is 12.9. The van der Waals surface area contributed by atoms with Gasteiger partial charge >= 0.3 is 0 Å². The van der Waals surface area contributed by atoms with Gasteiger partial charge in [0.1, 0.15) is 5.82 Å². The molecule has 3 aromatic rings. The van der Waals surface area contributed by atoms with Crippen molar-refractivity contribution >= 4 is 11.7 Å². The molecular weight excluding hydrogens is 402 g/mol. The van der Waals surface area contributed by atoms with Crippen LogP contribution in [0.3, 0.4) is 0 Å². The molecule has 1 saturated carbocycles. The summed E-state index contributed by atoms with van der Waals surface area (Å²) in [4.78, 5) is 24.4. The van der Waals surface area contributed by atoms with E-state index in [-0.39, 0.29) is 11.8 Å². The Morgan fingerprint density at radius 1 is 1.16 bits per heavy atom. The molecule has 2 aliphatic rings. The van der Waals surface area contributed by atoms with E-state index in [2.05, 4.69) is 56.5 Å². The van der Waals surface area contributed by atoms with E-state index in [9.17, 15) is 4.79 Å². The molecule has 1 saturated heterocycles. The fourth-order valence-corrected chi connectivity index (χ4v) is 4.41. The van der Waals surface area contributed by atoms with Crippen LogP contribution in [0.15, 0.2) is 47.1 Å². The molecule has 0 unspecified atom stereocenters. The monoisotopic (exact) mass is 431 g/mol. The van der Waals surface area contributed by atoms with Crippen molar-refractivity contribution in [3.63, 3.8) is 0 Å². The largest absolute Gasteiger partial charge is 0.355 e. The molecule has 5 rings (SSSR count). The molecule has 1 atom stereocenters. The number of hydrogen-bond acceptors (Lipinski definition) is 6. The van der Waals surface area contributed by atoms with Crippen LogP contribution in [0, 0.1) is 12.8 Å². The number of amides is 1. The smallest absolute Gasteiger partial charge is 0.230 e. The number of aromatic nitrogens is 3. The van der Waals surface area contributed by atoms with Gasteiger partial charge in [0.05, 0.1) is 11.5 Å². The summed E-state index contributed by atoms with van der Waals surface area (Å²) >= 11 is 0. The number of pyridine rings is 1. The van der Waals surface area contributed by atoms with Crippen LogP contribution in [-0.4, -0.2) is 34.1 Å². The second-order valence-electron chi connectivity index (χ2n) is 8.95. The molecule has 1 aromatic carbocycles. The highest BCUT2D eigenvalue weighted by Gasteiger charge is 2.30. The zero-order valence-corrected chi connectivity index (χ0v) is 18.5. The Balaban J connectivity index is 1.27. The van der Waals surface area contributed by atoms with Gasteiger partial charge in [0.15, 0.2) is 0 Å². The Hall–Kier alpha value is -3.22. The summed E-state index contributed by atoms with van der Waals surface area (Å²) in [6, 6.07) is 12.1. The molecule has 0 bridgehead atoms. The van der Waals surface area contributed by atoms with Crippen molar-refractivity contribution in [1.29, 1.82) is 0 Å². The Kier molecular flexibility index (Phi) is 5.88.